The number of tetrazole rings is 1. The molecule has 104 valence electrons. The molecule has 0 saturated carbocycles. The molecule has 7 heteroatoms. The lowest BCUT2D eigenvalue weighted by molar-refractivity contribution is -0.134. The molecule has 19 heavy (non-hydrogen) atoms. The molecule has 0 aliphatic carbocycles. The summed E-state index contributed by atoms with van der Waals surface area (Å²) >= 11 is 0. The first-order chi connectivity index (χ1) is 9.27. The molecule has 0 radical (unpaired) electrons. The number of rotatable bonds is 2. The summed E-state index contributed by atoms with van der Waals surface area (Å²) in [5.74, 6) is 0.569. The molecule has 0 bridgehead atoms. The number of nitrogens with one attached hydrogen (secondary N) is 1. The summed E-state index contributed by atoms with van der Waals surface area (Å²) in [7, 11) is 0. The number of aromatic amines is 1. The van der Waals surface area contributed by atoms with E-state index in [2.05, 4.69) is 20.6 Å². The van der Waals surface area contributed by atoms with Crippen LogP contribution in [0.4, 0.5) is 0 Å². The van der Waals surface area contributed by atoms with E-state index in [1.165, 1.54) is 0 Å². The van der Waals surface area contributed by atoms with Crippen LogP contribution in [0.1, 0.15) is 31.5 Å². The molecule has 2 fully saturated rings. The minimum absolute atomic E-state index is 0.100. The Labute approximate surface area is 111 Å². The Hall–Kier alpha value is -1.50. The molecule has 1 aromatic rings. The van der Waals surface area contributed by atoms with Crippen molar-refractivity contribution in [2.24, 2.45) is 5.41 Å². The fourth-order valence-corrected chi connectivity index (χ4v) is 3.04. The number of hydrogen-bond donors (Lipinski definition) is 1. The summed E-state index contributed by atoms with van der Waals surface area (Å²) in [6.45, 7) is 3.43. The number of amides is 1. The van der Waals surface area contributed by atoms with E-state index in [4.69, 9.17) is 4.74 Å². The van der Waals surface area contributed by atoms with Crippen molar-refractivity contribution in [3.63, 3.8) is 0 Å². The fraction of sp³-hybridized carbons (Fsp3) is 0.833. The van der Waals surface area contributed by atoms with Crippen molar-refractivity contribution >= 4 is 5.91 Å². The molecule has 1 aromatic heterocycles. The van der Waals surface area contributed by atoms with Crippen molar-refractivity contribution in [3.05, 3.63) is 5.82 Å². The number of likely N-dealkylation sites (tertiary alicyclic amines) is 1. The van der Waals surface area contributed by atoms with Crippen LogP contribution in [0.15, 0.2) is 0 Å². The number of carbonyl (C=O) groups excluding carboxylic acids is 1. The summed E-state index contributed by atoms with van der Waals surface area (Å²) in [6.07, 6.45) is 4.70. The van der Waals surface area contributed by atoms with Gasteiger partial charge in [0, 0.05) is 26.3 Å². The van der Waals surface area contributed by atoms with Gasteiger partial charge in [0.25, 0.3) is 0 Å². The Morgan fingerprint density at radius 2 is 2.00 bits per heavy atom. The third kappa shape index (κ3) is 2.75. The maximum atomic E-state index is 12.1. The molecule has 0 atom stereocenters. The topological polar surface area (TPSA) is 84.0 Å². The summed E-state index contributed by atoms with van der Waals surface area (Å²) in [5.41, 5.74) is 0.418. The lowest BCUT2D eigenvalue weighted by Gasteiger charge is -2.44. The van der Waals surface area contributed by atoms with Crippen LogP contribution in [0.3, 0.4) is 0 Å². The van der Waals surface area contributed by atoms with E-state index >= 15 is 0 Å². The van der Waals surface area contributed by atoms with Crippen LogP contribution in [0.2, 0.25) is 0 Å². The van der Waals surface area contributed by atoms with Gasteiger partial charge in [0.05, 0.1) is 6.42 Å². The minimum Gasteiger partial charge on any atom is -0.381 e. The lowest BCUT2D eigenvalue weighted by Crippen LogP contribution is -2.45. The van der Waals surface area contributed by atoms with Crippen molar-refractivity contribution in [1.29, 1.82) is 0 Å². The Balaban J connectivity index is 1.53. The van der Waals surface area contributed by atoms with Gasteiger partial charge in [-0.3, -0.25) is 4.79 Å². The maximum Gasteiger partial charge on any atom is 0.230 e. The van der Waals surface area contributed by atoms with Gasteiger partial charge in [0.1, 0.15) is 0 Å². The van der Waals surface area contributed by atoms with Gasteiger partial charge in [-0.15, -0.1) is 10.2 Å². The zero-order valence-corrected chi connectivity index (χ0v) is 11.0. The van der Waals surface area contributed by atoms with E-state index in [1.54, 1.807) is 0 Å². The monoisotopic (exact) mass is 265 g/mol. The van der Waals surface area contributed by atoms with Gasteiger partial charge in [-0.2, -0.15) is 5.21 Å². The normalized spacial score (nSPS) is 22.6. The number of hydrogen-bond acceptors (Lipinski definition) is 5. The summed E-state index contributed by atoms with van der Waals surface area (Å²) in [5, 5.41) is 13.5. The van der Waals surface area contributed by atoms with E-state index in [1.807, 2.05) is 4.90 Å². The SMILES string of the molecule is O=C(Cc1nn[nH]n1)N1CCC2(CCOCC2)CC1. The number of aromatic nitrogens is 4. The van der Waals surface area contributed by atoms with Gasteiger partial charge in [0.15, 0.2) is 5.82 Å². The lowest BCUT2D eigenvalue weighted by atomic mass is 9.72. The predicted molar refractivity (Wildman–Crippen MR) is 66.2 cm³/mol. The second-order valence-corrected chi connectivity index (χ2v) is 5.50. The fourth-order valence-electron chi connectivity index (χ4n) is 3.04. The quantitative estimate of drug-likeness (QED) is 0.823. The maximum absolute atomic E-state index is 12.1. The first kappa shape index (κ1) is 12.5. The number of H-pyrrole nitrogens is 1. The highest BCUT2D eigenvalue weighted by molar-refractivity contribution is 5.78. The molecule has 1 N–H and O–H groups in total. The molecule has 1 spiro atoms. The molecular weight excluding hydrogens is 246 g/mol. The van der Waals surface area contributed by atoms with E-state index in [-0.39, 0.29) is 12.3 Å². The highest BCUT2D eigenvalue weighted by Crippen LogP contribution is 2.40. The van der Waals surface area contributed by atoms with Crippen LogP contribution in [-0.4, -0.2) is 57.7 Å². The molecule has 2 saturated heterocycles. The second kappa shape index (κ2) is 5.24. The third-order valence-corrected chi connectivity index (χ3v) is 4.43. The van der Waals surface area contributed by atoms with Gasteiger partial charge < -0.3 is 9.64 Å². The highest BCUT2D eigenvalue weighted by atomic mass is 16.5. The Morgan fingerprint density at radius 1 is 1.26 bits per heavy atom. The summed E-state index contributed by atoms with van der Waals surface area (Å²) in [4.78, 5) is 14.0. The Kier molecular flexibility index (Phi) is 3.46. The summed E-state index contributed by atoms with van der Waals surface area (Å²) in [6, 6.07) is 0. The van der Waals surface area contributed by atoms with Crippen molar-refractivity contribution in [2.75, 3.05) is 26.3 Å². The number of ether oxygens (including phenoxy) is 1. The predicted octanol–water partition coefficient (Wildman–Crippen LogP) is 0.161. The van der Waals surface area contributed by atoms with Crippen molar-refractivity contribution in [2.45, 2.75) is 32.1 Å². The highest BCUT2D eigenvalue weighted by Gasteiger charge is 2.37. The first-order valence-corrected chi connectivity index (χ1v) is 6.85. The van der Waals surface area contributed by atoms with Crippen molar-refractivity contribution in [3.8, 4) is 0 Å². The largest absolute Gasteiger partial charge is 0.381 e. The van der Waals surface area contributed by atoms with E-state index in [0.717, 1.165) is 52.0 Å². The van der Waals surface area contributed by atoms with Crippen LogP contribution in [0.25, 0.3) is 0 Å². The Bertz CT molecular complexity index is 417. The van der Waals surface area contributed by atoms with Crippen molar-refractivity contribution < 1.29 is 9.53 Å². The molecule has 3 heterocycles. The molecule has 1 amide bonds. The van der Waals surface area contributed by atoms with Gasteiger partial charge >= 0.3 is 0 Å². The number of piperidine rings is 1. The molecule has 2 aliphatic rings. The van der Waals surface area contributed by atoms with Gasteiger partial charge in [-0.25, -0.2) is 0 Å². The minimum atomic E-state index is 0.100. The summed E-state index contributed by atoms with van der Waals surface area (Å²) < 4.78 is 5.43. The van der Waals surface area contributed by atoms with Crippen LogP contribution in [0, 0.1) is 5.41 Å². The molecule has 0 aromatic carbocycles. The third-order valence-electron chi connectivity index (χ3n) is 4.43. The zero-order chi connectivity index (χ0) is 13.1. The molecule has 7 nitrogen and oxygen atoms in total. The number of nitrogens with zero attached hydrogens (tertiary/aromatic N) is 4. The van der Waals surface area contributed by atoms with Crippen LogP contribution >= 0.6 is 0 Å². The van der Waals surface area contributed by atoms with Crippen molar-refractivity contribution in [1.82, 2.24) is 25.5 Å². The average molecular weight is 265 g/mol. The molecular formula is C12H19N5O2. The van der Waals surface area contributed by atoms with E-state index < -0.39 is 0 Å². The smallest absolute Gasteiger partial charge is 0.230 e. The average Bonchev–Trinajstić information content (AvgIpc) is 2.93. The van der Waals surface area contributed by atoms with Gasteiger partial charge in [0.2, 0.25) is 5.91 Å². The van der Waals surface area contributed by atoms with Crippen LogP contribution in [-0.2, 0) is 16.0 Å². The molecule has 3 rings (SSSR count). The van der Waals surface area contributed by atoms with Crippen LogP contribution in [0.5, 0.6) is 0 Å². The van der Waals surface area contributed by atoms with E-state index in [9.17, 15) is 4.79 Å². The Morgan fingerprint density at radius 3 is 2.63 bits per heavy atom. The van der Waals surface area contributed by atoms with Gasteiger partial charge in [-0.1, -0.05) is 5.21 Å². The second-order valence-electron chi connectivity index (χ2n) is 5.50. The zero-order valence-electron chi connectivity index (χ0n) is 11.0. The van der Waals surface area contributed by atoms with Gasteiger partial charge in [-0.05, 0) is 31.1 Å². The standard InChI is InChI=1S/C12H19N5O2/c18-11(9-10-13-15-16-14-10)17-5-1-12(2-6-17)3-7-19-8-4-12/h1-9H2,(H,13,14,15,16). The van der Waals surface area contributed by atoms with Crippen LogP contribution < -0.4 is 0 Å². The van der Waals surface area contributed by atoms with E-state index in [0.29, 0.717) is 11.2 Å². The molecule has 2 aliphatic heterocycles. The first-order valence-electron chi connectivity index (χ1n) is 6.85. The number of carbonyl (C=O) groups is 1. The molecule has 0 unspecified atom stereocenters.